The van der Waals surface area contributed by atoms with Crippen LogP contribution in [0.4, 0.5) is 0 Å². The second kappa shape index (κ2) is 3.08. The Bertz CT molecular complexity index is 183. The SMILES string of the molecule is CC(Cl)C(O)c1cc[nH]c1. The quantitative estimate of drug-likeness (QED) is 0.633. The largest absolute Gasteiger partial charge is 0.387 e. The molecule has 3 heteroatoms. The number of H-pyrrole nitrogens is 1. The van der Waals surface area contributed by atoms with Crippen molar-refractivity contribution in [1.82, 2.24) is 4.98 Å². The maximum absolute atomic E-state index is 9.33. The highest BCUT2D eigenvalue weighted by molar-refractivity contribution is 6.20. The second-order valence-corrected chi connectivity index (χ2v) is 2.96. The van der Waals surface area contributed by atoms with Gasteiger partial charge in [0.15, 0.2) is 0 Å². The molecule has 2 N–H and O–H groups in total. The van der Waals surface area contributed by atoms with Gasteiger partial charge in [0.05, 0.1) is 11.5 Å². The maximum Gasteiger partial charge on any atom is 0.0965 e. The monoisotopic (exact) mass is 159 g/mol. The molecule has 2 nitrogen and oxygen atoms in total. The van der Waals surface area contributed by atoms with E-state index in [1.165, 1.54) is 0 Å². The molecular weight excluding hydrogens is 150 g/mol. The number of rotatable bonds is 2. The lowest BCUT2D eigenvalue weighted by molar-refractivity contribution is 0.177. The smallest absolute Gasteiger partial charge is 0.0965 e. The summed E-state index contributed by atoms with van der Waals surface area (Å²) in [6.45, 7) is 1.76. The molecule has 1 aromatic heterocycles. The minimum absolute atomic E-state index is 0.240. The summed E-state index contributed by atoms with van der Waals surface area (Å²) >= 11 is 5.66. The number of alkyl halides is 1. The van der Waals surface area contributed by atoms with Crippen LogP contribution in [0.2, 0.25) is 0 Å². The van der Waals surface area contributed by atoms with Crippen LogP contribution in [0.15, 0.2) is 18.5 Å². The average Bonchev–Trinajstić information content (AvgIpc) is 2.36. The molecule has 1 heterocycles. The van der Waals surface area contributed by atoms with Crippen molar-refractivity contribution in [3.8, 4) is 0 Å². The summed E-state index contributed by atoms with van der Waals surface area (Å²) in [7, 11) is 0. The van der Waals surface area contributed by atoms with Crippen molar-refractivity contribution in [2.24, 2.45) is 0 Å². The molecular formula is C7H10ClNO. The third-order valence-corrected chi connectivity index (χ3v) is 1.64. The normalized spacial score (nSPS) is 16.7. The van der Waals surface area contributed by atoms with Gasteiger partial charge in [-0.25, -0.2) is 0 Å². The van der Waals surface area contributed by atoms with Crippen molar-refractivity contribution < 1.29 is 5.11 Å². The van der Waals surface area contributed by atoms with E-state index in [9.17, 15) is 5.11 Å². The molecule has 0 saturated heterocycles. The van der Waals surface area contributed by atoms with E-state index >= 15 is 0 Å². The van der Waals surface area contributed by atoms with E-state index in [0.717, 1.165) is 5.56 Å². The van der Waals surface area contributed by atoms with Gasteiger partial charge in [0.25, 0.3) is 0 Å². The first-order valence-corrected chi connectivity index (χ1v) is 3.60. The van der Waals surface area contributed by atoms with Gasteiger partial charge < -0.3 is 10.1 Å². The van der Waals surface area contributed by atoms with E-state index in [-0.39, 0.29) is 5.38 Å². The van der Waals surface area contributed by atoms with Crippen molar-refractivity contribution in [1.29, 1.82) is 0 Å². The molecule has 0 bridgehead atoms. The van der Waals surface area contributed by atoms with Crippen LogP contribution >= 0.6 is 11.6 Å². The molecule has 0 radical (unpaired) electrons. The molecule has 10 heavy (non-hydrogen) atoms. The average molecular weight is 160 g/mol. The fourth-order valence-corrected chi connectivity index (χ4v) is 0.931. The first-order valence-electron chi connectivity index (χ1n) is 3.16. The van der Waals surface area contributed by atoms with Crippen LogP contribution < -0.4 is 0 Å². The Morgan fingerprint density at radius 1 is 1.70 bits per heavy atom. The topological polar surface area (TPSA) is 36.0 Å². The number of hydrogen-bond acceptors (Lipinski definition) is 1. The molecule has 0 aliphatic heterocycles. The van der Waals surface area contributed by atoms with Gasteiger partial charge in [0, 0.05) is 12.4 Å². The van der Waals surface area contributed by atoms with Gasteiger partial charge in [0.1, 0.15) is 0 Å². The lowest BCUT2D eigenvalue weighted by Crippen LogP contribution is -2.06. The Labute approximate surface area is 64.8 Å². The first-order chi connectivity index (χ1) is 4.72. The van der Waals surface area contributed by atoms with E-state index < -0.39 is 6.10 Å². The van der Waals surface area contributed by atoms with E-state index in [4.69, 9.17) is 11.6 Å². The van der Waals surface area contributed by atoms with Crippen molar-refractivity contribution in [3.63, 3.8) is 0 Å². The van der Waals surface area contributed by atoms with Crippen LogP contribution in [0.5, 0.6) is 0 Å². The Morgan fingerprint density at radius 2 is 2.40 bits per heavy atom. The van der Waals surface area contributed by atoms with Crippen LogP contribution in [-0.4, -0.2) is 15.5 Å². The molecule has 56 valence electrons. The molecule has 2 atom stereocenters. The fourth-order valence-electron chi connectivity index (χ4n) is 0.786. The summed E-state index contributed by atoms with van der Waals surface area (Å²) in [5.41, 5.74) is 0.836. The van der Waals surface area contributed by atoms with E-state index in [0.29, 0.717) is 0 Å². The zero-order valence-corrected chi connectivity index (χ0v) is 6.47. The number of halogens is 1. The fraction of sp³-hybridized carbons (Fsp3) is 0.429. The Kier molecular flexibility index (Phi) is 2.35. The van der Waals surface area contributed by atoms with Crippen molar-refractivity contribution in [2.45, 2.75) is 18.4 Å². The highest BCUT2D eigenvalue weighted by Crippen LogP contribution is 2.19. The molecule has 2 unspecified atom stereocenters. The number of hydrogen-bond donors (Lipinski definition) is 2. The van der Waals surface area contributed by atoms with Gasteiger partial charge >= 0.3 is 0 Å². The minimum Gasteiger partial charge on any atom is -0.387 e. The van der Waals surface area contributed by atoms with Gasteiger partial charge in [-0.3, -0.25) is 0 Å². The van der Waals surface area contributed by atoms with Crippen molar-refractivity contribution in [3.05, 3.63) is 24.0 Å². The third-order valence-electron chi connectivity index (χ3n) is 1.40. The summed E-state index contributed by atoms with van der Waals surface area (Å²) in [6.07, 6.45) is 2.94. The predicted octanol–water partition coefficient (Wildman–Crippen LogP) is 1.68. The molecule has 0 fully saturated rings. The van der Waals surface area contributed by atoms with Crippen LogP contribution in [0.3, 0.4) is 0 Å². The lowest BCUT2D eigenvalue weighted by atomic mass is 10.1. The molecule has 0 aromatic carbocycles. The van der Waals surface area contributed by atoms with E-state index in [1.807, 2.05) is 6.07 Å². The Hall–Kier alpha value is -0.470. The molecule has 0 spiro atoms. The van der Waals surface area contributed by atoms with Gasteiger partial charge in [-0.05, 0) is 18.6 Å². The first kappa shape index (κ1) is 7.63. The van der Waals surface area contributed by atoms with Gasteiger partial charge in [-0.2, -0.15) is 0 Å². The molecule has 0 saturated carbocycles. The molecule has 1 rings (SSSR count). The Balaban J connectivity index is 2.68. The summed E-state index contributed by atoms with van der Waals surface area (Å²) in [5.74, 6) is 0. The second-order valence-electron chi connectivity index (χ2n) is 2.27. The predicted molar refractivity (Wildman–Crippen MR) is 41.1 cm³/mol. The minimum atomic E-state index is -0.562. The molecule has 1 aromatic rings. The number of aromatic nitrogens is 1. The summed E-state index contributed by atoms with van der Waals surface area (Å²) < 4.78 is 0. The Morgan fingerprint density at radius 3 is 2.80 bits per heavy atom. The highest BCUT2D eigenvalue weighted by Gasteiger charge is 2.12. The summed E-state index contributed by atoms with van der Waals surface area (Å²) in [4.78, 5) is 2.85. The van der Waals surface area contributed by atoms with Gasteiger partial charge in [0.2, 0.25) is 0 Å². The van der Waals surface area contributed by atoms with Crippen molar-refractivity contribution in [2.75, 3.05) is 0 Å². The number of aliphatic hydroxyl groups is 1. The number of aliphatic hydroxyl groups excluding tert-OH is 1. The van der Waals surface area contributed by atoms with E-state index in [2.05, 4.69) is 4.98 Å². The van der Waals surface area contributed by atoms with Crippen LogP contribution in [0, 0.1) is 0 Å². The molecule has 0 aliphatic rings. The standard InChI is InChI=1S/C7H10ClNO/c1-5(8)7(10)6-2-3-9-4-6/h2-5,7,9-10H,1H3. The maximum atomic E-state index is 9.33. The molecule has 0 amide bonds. The summed E-state index contributed by atoms with van der Waals surface area (Å²) in [5, 5.41) is 9.09. The van der Waals surface area contributed by atoms with E-state index in [1.54, 1.807) is 19.3 Å². The van der Waals surface area contributed by atoms with Crippen molar-refractivity contribution >= 4 is 11.6 Å². The zero-order chi connectivity index (χ0) is 7.56. The molecule has 0 aliphatic carbocycles. The van der Waals surface area contributed by atoms with Gasteiger partial charge in [-0.15, -0.1) is 11.6 Å². The van der Waals surface area contributed by atoms with Gasteiger partial charge in [-0.1, -0.05) is 0 Å². The van der Waals surface area contributed by atoms with Crippen LogP contribution in [-0.2, 0) is 0 Å². The van der Waals surface area contributed by atoms with Crippen LogP contribution in [0.1, 0.15) is 18.6 Å². The number of nitrogens with one attached hydrogen (secondary N) is 1. The highest BCUT2D eigenvalue weighted by atomic mass is 35.5. The lowest BCUT2D eigenvalue weighted by Gasteiger charge is -2.09. The van der Waals surface area contributed by atoms with Crippen LogP contribution in [0.25, 0.3) is 0 Å². The third kappa shape index (κ3) is 1.52. The zero-order valence-electron chi connectivity index (χ0n) is 5.71. The summed E-state index contributed by atoms with van der Waals surface area (Å²) in [6, 6.07) is 1.81. The number of aromatic amines is 1.